The molecule has 1 atom stereocenters. The van der Waals surface area contributed by atoms with Crippen LogP contribution in [-0.4, -0.2) is 11.5 Å². The third-order valence-electron chi connectivity index (χ3n) is 2.82. The van der Waals surface area contributed by atoms with E-state index in [0.717, 1.165) is 44.2 Å². The Kier molecular flexibility index (Phi) is 8.78. The molecule has 0 aliphatic carbocycles. The first kappa shape index (κ1) is 15.1. The van der Waals surface area contributed by atoms with Gasteiger partial charge in [0.25, 0.3) is 0 Å². The first-order chi connectivity index (χ1) is 7.57. The number of Topliss-reactive ketones (excluding diaryl/α,β-unsaturated/α-hetero) is 1. The molecule has 0 aliphatic heterocycles. The molecule has 0 spiro atoms. The molecule has 0 unspecified atom stereocenters. The minimum absolute atomic E-state index is 0.191. The molecule has 0 aliphatic rings. The Labute approximate surface area is 99.6 Å². The van der Waals surface area contributed by atoms with Crippen molar-refractivity contribution in [2.24, 2.45) is 5.92 Å². The summed E-state index contributed by atoms with van der Waals surface area (Å²) in [6.45, 7) is 7.51. The molecule has 0 saturated carbocycles. The van der Waals surface area contributed by atoms with Crippen LogP contribution in [0.25, 0.3) is 0 Å². The number of nitrogens with one attached hydrogen (secondary N) is 1. The van der Waals surface area contributed by atoms with Gasteiger partial charge in [0.1, 0.15) is 5.78 Å². The summed E-state index contributed by atoms with van der Waals surface area (Å²) in [6.07, 6.45) is 8.38. The fourth-order valence-corrected chi connectivity index (χ4v) is 1.67. The Morgan fingerprint density at radius 2 is 2.00 bits per heavy atom. The van der Waals surface area contributed by atoms with Crippen molar-refractivity contribution in [2.45, 2.75) is 58.8 Å². The minimum atomic E-state index is 0.191. The molecule has 0 radical (unpaired) electrons. The maximum absolute atomic E-state index is 11.7. The van der Waals surface area contributed by atoms with Crippen LogP contribution in [0.3, 0.4) is 0 Å². The summed E-state index contributed by atoms with van der Waals surface area (Å²) in [5.41, 5.74) is 0.741. The van der Waals surface area contributed by atoms with Gasteiger partial charge in [0.15, 0.2) is 0 Å². The van der Waals surface area contributed by atoms with Gasteiger partial charge in [-0.2, -0.15) is 0 Å². The van der Waals surface area contributed by atoms with Gasteiger partial charge in [-0.15, -0.1) is 6.58 Å². The summed E-state index contributed by atoms with van der Waals surface area (Å²) < 4.78 is 0. The number of ketones is 1. The van der Waals surface area contributed by atoms with Crippen LogP contribution in [0.2, 0.25) is 0 Å². The lowest BCUT2D eigenvalue weighted by Gasteiger charge is -2.09. The first-order valence-corrected chi connectivity index (χ1v) is 6.25. The average Bonchev–Trinajstić information content (AvgIpc) is 2.24. The highest BCUT2D eigenvalue weighted by Crippen LogP contribution is 2.13. The second-order valence-electron chi connectivity index (χ2n) is 4.57. The first-order valence-electron chi connectivity index (χ1n) is 6.25. The molecule has 0 heterocycles. The van der Waals surface area contributed by atoms with Crippen molar-refractivity contribution in [3.8, 4) is 0 Å². The molecule has 0 aromatic rings. The molecule has 1 N–H and O–H groups in total. The number of hydrogen-bond donors (Lipinski definition) is 1. The zero-order valence-electron chi connectivity index (χ0n) is 10.7. The Morgan fingerprint density at radius 1 is 1.31 bits per heavy atom. The Hall–Kier alpha value is -0.920. The second kappa shape index (κ2) is 9.32. The highest BCUT2D eigenvalue weighted by molar-refractivity contribution is 5.80. The van der Waals surface area contributed by atoms with E-state index in [1.54, 1.807) is 0 Å². The van der Waals surface area contributed by atoms with Crippen molar-refractivity contribution in [1.29, 1.82) is 5.41 Å². The Morgan fingerprint density at radius 3 is 2.56 bits per heavy atom. The van der Waals surface area contributed by atoms with Crippen molar-refractivity contribution >= 4 is 11.5 Å². The van der Waals surface area contributed by atoms with E-state index in [0.29, 0.717) is 12.2 Å². The van der Waals surface area contributed by atoms with E-state index in [1.165, 1.54) is 0 Å². The van der Waals surface area contributed by atoms with E-state index in [9.17, 15) is 4.79 Å². The number of allylic oxidation sites excluding steroid dienone is 1. The number of carbonyl (C=O) groups excluding carboxylic acids is 1. The summed E-state index contributed by atoms with van der Waals surface area (Å²) in [4.78, 5) is 11.7. The molecular weight excluding hydrogens is 198 g/mol. The van der Waals surface area contributed by atoms with Crippen molar-refractivity contribution < 1.29 is 4.79 Å². The molecule has 0 rings (SSSR count). The molecule has 2 nitrogen and oxygen atoms in total. The molecule has 0 bridgehead atoms. The zero-order chi connectivity index (χ0) is 12.4. The number of hydrogen-bond acceptors (Lipinski definition) is 2. The molecule has 0 aromatic heterocycles. The van der Waals surface area contributed by atoms with Gasteiger partial charge in [0, 0.05) is 18.1 Å². The fourth-order valence-electron chi connectivity index (χ4n) is 1.67. The largest absolute Gasteiger partial charge is 0.310 e. The van der Waals surface area contributed by atoms with Crippen LogP contribution in [0.5, 0.6) is 0 Å². The zero-order valence-corrected chi connectivity index (χ0v) is 10.7. The molecule has 92 valence electrons. The summed E-state index contributed by atoms with van der Waals surface area (Å²) >= 11 is 0. The van der Waals surface area contributed by atoms with Gasteiger partial charge in [0.2, 0.25) is 0 Å². The number of rotatable bonds is 10. The van der Waals surface area contributed by atoms with Gasteiger partial charge in [-0.1, -0.05) is 19.4 Å². The number of unbranched alkanes of at least 4 members (excludes halogenated alkanes) is 2. The monoisotopic (exact) mass is 223 g/mol. The van der Waals surface area contributed by atoms with E-state index in [4.69, 9.17) is 5.41 Å². The molecular formula is C14H25NO. The quantitative estimate of drug-likeness (QED) is 0.337. The van der Waals surface area contributed by atoms with E-state index in [1.807, 2.05) is 19.9 Å². The van der Waals surface area contributed by atoms with Gasteiger partial charge in [-0.25, -0.2) is 0 Å². The normalized spacial score (nSPS) is 12.1. The Bertz CT molecular complexity index is 233. The van der Waals surface area contributed by atoms with Crippen LogP contribution in [0.4, 0.5) is 0 Å². The van der Waals surface area contributed by atoms with E-state index in [2.05, 4.69) is 6.58 Å². The van der Waals surface area contributed by atoms with Crippen LogP contribution in [0, 0.1) is 11.3 Å². The van der Waals surface area contributed by atoms with Crippen molar-refractivity contribution in [2.75, 3.05) is 0 Å². The molecule has 2 heteroatoms. The van der Waals surface area contributed by atoms with Crippen LogP contribution in [0.1, 0.15) is 58.8 Å². The lowest BCUT2D eigenvalue weighted by molar-refractivity contribution is -0.122. The van der Waals surface area contributed by atoms with Gasteiger partial charge < -0.3 is 5.41 Å². The topological polar surface area (TPSA) is 40.9 Å². The van der Waals surface area contributed by atoms with Crippen LogP contribution >= 0.6 is 0 Å². The van der Waals surface area contributed by atoms with E-state index < -0.39 is 0 Å². The molecule has 0 fully saturated rings. The average molecular weight is 223 g/mol. The van der Waals surface area contributed by atoms with Gasteiger partial charge in [-0.3, -0.25) is 4.79 Å². The lowest BCUT2D eigenvalue weighted by Crippen LogP contribution is -2.10. The highest BCUT2D eigenvalue weighted by atomic mass is 16.1. The highest BCUT2D eigenvalue weighted by Gasteiger charge is 2.11. The summed E-state index contributed by atoms with van der Waals surface area (Å²) in [5.74, 6) is 0.573. The summed E-state index contributed by atoms with van der Waals surface area (Å²) in [6, 6.07) is 0. The van der Waals surface area contributed by atoms with Crippen molar-refractivity contribution in [3.63, 3.8) is 0 Å². The van der Waals surface area contributed by atoms with Crippen LogP contribution < -0.4 is 0 Å². The summed E-state index contributed by atoms with van der Waals surface area (Å²) in [5, 5.41) is 7.30. The smallest absolute Gasteiger partial charge is 0.135 e. The SMILES string of the molecule is C=CCCCC(=O)[C@@H](C)CCCCC(C)=N. The van der Waals surface area contributed by atoms with Crippen molar-refractivity contribution in [1.82, 2.24) is 0 Å². The predicted octanol–water partition coefficient (Wildman–Crippen LogP) is 4.15. The fraction of sp³-hybridized carbons (Fsp3) is 0.714. The maximum Gasteiger partial charge on any atom is 0.135 e. The molecule has 0 aromatic carbocycles. The van der Waals surface area contributed by atoms with Crippen molar-refractivity contribution in [3.05, 3.63) is 12.7 Å². The molecule has 16 heavy (non-hydrogen) atoms. The van der Waals surface area contributed by atoms with Gasteiger partial charge in [-0.05, 0) is 39.0 Å². The van der Waals surface area contributed by atoms with Gasteiger partial charge in [0.05, 0.1) is 0 Å². The second-order valence-corrected chi connectivity index (χ2v) is 4.57. The lowest BCUT2D eigenvalue weighted by atomic mass is 9.95. The third kappa shape index (κ3) is 8.39. The minimum Gasteiger partial charge on any atom is -0.310 e. The standard InChI is InChI=1S/C14H25NO/c1-4-5-6-11-14(16)12(2)9-7-8-10-13(3)15/h4,12,15H,1,5-11H2,2-3H3/t12-/m0/s1. The van der Waals surface area contributed by atoms with Crippen LogP contribution in [-0.2, 0) is 4.79 Å². The predicted molar refractivity (Wildman–Crippen MR) is 70.1 cm³/mol. The Balaban J connectivity index is 3.54. The molecule has 0 saturated heterocycles. The maximum atomic E-state index is 11.7. The van der Waals surface area contributed by atoms with Crippen LogP contribution in [0.15, 0.2) is 12.7 Å². The van der Waals surface area contributed by atoms with E-state index >= 15 is 0 Å². The van der Waals surface area contributed by atoms with Gasteiger partial charge >= 0.3 is 0 Å². The van der Waals surface area contributed by atoms with E-state index in [-0.39, 0.29) is 5.92 Å². The third-order valence-corrected chi connectivity index (χ3v) is 2.82. The summed E-state index contributed by atoms with van der Waals surface area (Å²) in [7, 11) is 0. The molecule has 0 amide bonds. The number of carbonyl (C=O) groups is 1.